The number of nitrogens with zero attached hydrogens (tertiary/aromatic N) is 1. The molecule has 178 valence electrons. The Hall–Kier alpha value is -1.59. The van der Waals surface area contributed by atoms with Gasteiger partial charge in [0.25, 0.3) is 0 Å². The van der Waals surface area contributed by atoms with E-state index in [2.05, 4.69) is 35.6 Å². The molecule has 0 spiro atoms. The first kappa shape index (κ1) is 23.6. The molecule has 3 aliphatic rings. The molecule has 3 N–H and O–H groups in total. The molecule has 0 radical (unpaired) electrons. The normalized spacial score (nSPS) is 24.2. The van der Waals surface area contributed by atoms with Gasteiger partial charge in [-0.1, -0.05) is 75.3 Å². The minimum absolute atomic E-state index is 0.0609. The van der Waals surface area contributed by atoms with Crippen molar-refractivity contribution in [2.45, 2.75) is 82.8 Å². The molecule has 1 aromatic carbocycles. The highest BCUT2D eigenvalue weighted by Crippen LogP contribution is 2.36. The third-order valence-electron chi connectivity index (χ3n) is 7.78. The number of ether oxygens (including phenoxy) is 1. The van der Waals surface area contributed by atoms with E-state index in [0.717, 1.165) is 44.9 Å². The summed E-state index contributed by atoms with van der Waals surface area (Å²) in [6, 6.07) is 10.8. The minimum Gasteiger partial charge on any atom is -0.373 e. The Morgan fingerprint density at radius 1 is 1.03 bits per heavy atom. The van der Waals surface area contributed by atoms with Crippen molar-refractivity contribution in [2.24, 2.45) is 23.5 Å². The molecule has 3 atom stereocenters. The highest BCUT2D eigenvalue weighted by Gasteiger charge is 2.32. The average molecular weight is 442 g/mol. The first-order chi connectivity index (χ1) is 15.7. The topological polar surface area (TPSA) is 67.6 Å². The Morgan fingerprint density at radius 2 is 1.81 bits per heavy atom. The van der Waals surface area contributed by atoms with Crippen molar-refractivity contribution < 1.29 is 9.53 Å². The molecular weight excluding hydrogens is 398 g/mol. The van der Waals surface area contributed by atoms with Crippen molar-refractivity contribution in [2.75, 3.05) is 26.2 Å². The second-order valence-electron chi connectivity index (χ2n) is 10.4. The molecule has 0 aromatic heterocycles. The lowest BCUT2D eigenvalue weighted by Crippen LogP contribution is -2.51. The fourth-order valence-electron chi connectivity index (χ4n) is 5.66. The SMILES string of the molecule is NC[C@H](CC1CCCCC1)NC(=O)N1CCC[C@@H]([C@@H](OCCC2CC2)c2ccccc2)C1. The third-order valence-corrected chi connectivity index (χ3v) is 7.78. The largest absolute Gasteiger partial charge is 0.373 e. The van der Waals surface area contributed by atoms with Crippen molar-refractivity contribution in [3.05, 3.63) is 35.9 Å². The number of hydrogen-bond donors (Lipinski definition) is 2. The van der Waals surface area contributed by atoms with Gasteiger partial charge in [0.15, 0.2) is 0 Å². The van der Waals surface area contributed by atoms with Crippen LogP contribution in [0.15, 0.2) is 30.3 Å². The number of likely N-dealkylation sites (tertiary alicyclic amines) is 1. The fraction of sp³-hybridized carbons (Fsp3) is 0.741. The summed E-state index contributed by atoms with van der Waals surface area (Å²) in [5, 5.41) is 3.27. The van der Waals surface area contributed by atoms with Crippen LogP contribution in [0.3, 0.4) is 0 Å². The van der Waals surface area contributed by atoms with Crippen LogP contribution >= 0.6 is 0 Å². The van der Waals surface area contributed by atoms with Gasteiger partial charge in [0.2, 0.25) is 0 Å². The molecule has 3 fully saturated rings. The number of benzene rings is 1. The maximum absolute atomic E-state index is 13.1. The molecule has 1 saturated heterocycles. The zero-order chi connectivity index (χ0) is 22.2. The van der Waals surface area contributed by atoms with E-state index in [1.165, 1.54) is 56.9 Å². The second-order valence-corrected chi connectivity index (χ2v) is 10.4. The summed E-state index contributed by atoms with van der Waals surface area (Å²) < 4.78 is 6.47. The van der Waals surface area contributed by atoms with E-state index in [1.54, 1.807) is 0 Å². The molecule has 2 saturated carbocycles. The van der Waals surface area contributed by atoms with Crippen LogP contribution in [0.2, 0.25) is 0 Å². The van der Waals surface area contributed by atoms with Crippen LogP contribution in [0.5, 0.6) is 0 Å². The van der Waals surface area contributed by atoms with Gasteiger partial charge in [-0.25, -0.2) is 4.79 Å². The van der Waals surface area contributed by atoms with Gasteiger partial charge in [-0.2, -0.15) is 0 Å². The molecule has 2 amide bonds. The number of piperidine rings is 1. The van der Waals surface area contributed by atoms with Crippen LogP contribution in [0.1, 0.15) is 82.3 Å². The number of nitrogens with two attached hydrogens (primary N) is 1. The van der Waals surface area contributed by atoms with Crippen molar-refractivity contribution in [1.29, 1.82) is 0 Å². The molecule has 32 heavy (non-hydrogen) atoms. The molecule has 5 heteroatoms. The summed E-state index contributed by atoms with van der Waals surface area (Å²) in [6.07, 6.45) is 13.7. The quantitative estimate of drug-likeness (QED) is 0.520. The van der Waals surface area contributed by atoms with Crippen LogP contribution in [0, 0.1) is 17.8 Å². The third kappa shape index (κ3) is 6.95. The predicted octanol–water partition coefficient (Wildman–Crippen LogP) is 5.26. The summed E-state index contributed by atoms with van der Waals surface area (Å²) in [7, 11) is 0. The van der Waals surface area contributed by atoms with Crippen molar-refractivity contribution in [3.8, 4) is 0 Å². The van der Waals surface area contributed by atoms with Gasteiger partial charge in [-0.05, 0) is 43.1 Å². The lowest BCUT2D eigenvalue weighted by Gasteiger charge is -2.38. The zero-order valence-corrected chi connectivity index (χ0v) is 19.7. The van der Waals surface area contributed by atoms with E-state index in [9.17, 15) is 4.79 Å². The summed E-state index contributed by atoms with van der Waals surface area (Å²) in [5.74, 6) is 1.93. The molecular formula is C27H43N3O2. The molecule has 1 aliphatic heterocycles. The highest BCUT2D eigenvalue weighted by molar-refractivity contribution is 5.74. The van der Waals surface area contributed by atoms with Gasteiger partial charge in [-0.3, -0.25) is 0 Å². The molecule has 1 aromatic rings. The fourth-order valence-corrected chi connectivity index (χ4v) is 5.66. The molecule has 2 aliphatic carbocycles. The summed E-state index contributed by atoms with van der Waals surface area (Å²) in [6.45, 7) is 2.93. The summed E-state index contributed by atoms with van der Waals surface area (Å²) in [5.41, 5.74) is 7.29. The van der Waals surface area contributed by atoms with E-state index >= 15 is 0 Å². The van der Waals surface area contributed by atoms with Gasteiger partial charge in [-0.15, -0.1) is 0 Å². The first-order valence-corrected chi connectivity index (χ1v) is 13.1. The van der Waals surface area contributed by atoms with Crippen molar-refractivity contribution in [3.63, 3.8) is 0 Å². The van der Waals surface area contributed by atoms with Gasteiger partial charge < -0.3 is 20.7 Å². The van der Waals surface area contributed by atoms with Crippen LogP contribution in [-0.4, -0.2) is 43.2 Å². The van der Waals surface area contributed by atoms with E-state index in [-0.39, 0.29) is 18.2 Å². The maximum Gasteiger partial charge on any atom is 0.317 e. The Morgan fingerprint density at radius 3 is 2.53 bits per heavy atom. The number of nitrogens with one attached hydrogen (secondary N) is 1. The molecule has 1 heterocycles. The van der Waals surface area contributed by atoms with Crippen molar-refractivity contribution >= 4 is 6.03 Å². The summed E-state index contributed by atoms with van der Waals surface area (Å²) >= 11 is 0. The van der Waals surface area contributed by atoms with Crippen molar-refractivity contribution in [1.82, 2.24) is 10.2 Å². The van der Waals surface area contributed by atoms with Crippen LogP contribution < -0.4 is 11.1 Å². The number of hydrogen-bond acceptors (Lipinski definition) is 3. The number of amides is 2. The Labute approximate surface area is 194 Å². The van der Waals surface area contributed by atoms with Crippen LogP contribution in [0.25, 0.3) is 0 Å². The Kier molecular flexibility index (Phi) is 8.86. The van der Waals surface area contributed by atoms with E-state index in [4.69, 9.17) is 10.5 Å². The zero-order valence-electron chi connectivity index (χ0n) is 19.7. The number of carbonyl (C=O) groups is 1. The maximum atomic E-state index is 13.1. The smallest absolute Gasteiger partial charge is 0.317 e. The molecule has 5 nitrogen and oxygen atoms in total. The first-order valence-electron chi connectivity index (χ1n) is 13.1. The predicted molar refractivity (Wildman–Crippen MR) is 129 cm³/mol. The van der Waals surface area contributed by atoms with Crippen LogP contribution in [0.4, 0.5) is 4.79 Å². The average Bonchev–Trinajstić information content (AvgIpc) is 3.67. The number of carbonyl (C=O) groups excluding carboxylic acids is 1. The highest BCUT2D eigenvalue weighted by atomic mass is 16.5. The Bertz CT molecular complexity index is 687. The molecule has 0 bridgehead atoms. The van der Waals surface area contributed by atoms with Gasteiger partial charge in [0, 0.05) is 38.2 Å². The lowest BCUT2D eigenvalue weighted by molar-refractivity contribution is -0.0127. The molecule has 4 rings (SSSR count). The lowest BCUT2D eigenvalue weighted by atomic mass is 9.85. The summed E-state index contributed by atoms with van der Waals surface area (Å²) in [4.78, 5) is 15.2. The van der Waals surface area contributed by atoms with E-state index < -0.39 is 0 Å². The van der Waals surface area contributed by atoms with Crippen LogP contribution in [-0.2, 0) is 4.74 Å². The van der Waals surface area contributed by atoms with Gasteiger partial charge in [0.05, 0.1) is 6.10 Å². The van der Waals surface area contributed by atoms with E-state index in [1.807, 2.05) is 4.90 Å². The minimum atomic E-state index is 0.0609. The van der Waals surface area contributed by atoms with E-state index in [0.29, 0.717) is 18.4 Å². The number of rotatable bonds is 10. The molecule has 0 unspecified atom stereocenters. The van der Waals surface area contributed by atoms with Gasteiger partial charge in [0.1, 0.15) is 0 Å². The standard InChI is InChI=1S/C27H43N3O2/c28-19-25(18-22-8-3-1-4-9-22)29-27(31)30-16-7-12-24(20-30)26(23-10-5-2-6-11-23)32-17-15-21-13-14-21/h2,5-6,10-11,21-22,24-26H,1,3-4,7-9,12-20,28H2,(H,29,31)/t24-,25+,26+/m1/s1. The van der Waals surface area contributed by atoms with Gasteiger partial charge >= 0.3 is 6.03 Å². The monoisotopic (exact) mass is 441 g/mol. The second kappa shape index (κ2) is 12.0. The Balaban J connectivity index is 1.33. The number of urea groups is 1.